The van der Waals surface area contributed by atoms with Crippen LogP contribution < -0.4 is 59.0 Å². The van der Waals surface area contributed by atoms with E-state index in [0.29, 0.717) is 13.1 Å². The fraction of sp³-hybridized carbons (Fsp3) is 0.143. The maximum absolute atomic E-state index is 6.43. The van der Waals surface area contributed by atoms with Gasteiger partial charge < -0.3 is 42.6 Å². The van der Waals surface area contributed by atoms with E-state index < -0.39 is 21.4 Å². The molecule has 0 saturated heterocycles. The van der Waals surface area contributed by atoms with Gasteiger partial charge in [0, 0.05) is 74.7 Å². The van der Waals surface area contributed by atoms with Gasteiger partial charge in [-0.15, -0.1) is 0 Å². The minimum Gasteiger partial charge on any atom is -0.519 e. The van der Waals surface area contributed by atoms with Crippen LogP contribution in [0.4, 0.5) is 17.1 Å². The summed E-state index contributed by atoms with van der Waals surface area (Å²) < 4.78 is 37.7. The first kappa shape index (κ1) is 33.5. The Morgan fingerprint density at radius 3 is 1.44 bits per heavy atom. The summed E-state index contributed by atoms with van der Waals surface area (Å²) in [6.07, 6.45) is 0. The molecule has 3 aliphatic heterocycles. The highest BCUT2D eigenvalue weighted by Crippen LogP contribution is 2.36. The van der Waals surface area contributed by atoms with Gasteiger partial charge in [0.25, 0.3) is 0 Å². The Morgan fingerprint density at radius 2 is 0.889 bits per heavy atom. The van der Waals surface area contributed by atoms with Crippen LogP contribution in [0.3, 0.4) is 0 Å². The second-order valence-electron chi connectivity index (χ2n) is 14.0. The predicted molar refractivity (Wildman–Crippen MR) is 217 cm³/mol. The van der Waals surface area contributed by atoms with E-state index in [0.717, 1.165) is 79.1 Å². The Labute approximate surface area is 317 Å². The quantitative estimate of drug-likeness (QED) is 0.171. The van der Waals surface area contributed by atoms with Crippen molar-refractivity contribution in [1.29, 1.82) is 0 Å². The SMILES string of the molecule is CN(C)c1ccc(B2Oc3ccccc3O2)cc1CN(C)c1ccc(CN(C)c2ccccc2B2Oc3ccccc3O2)c(B2Oc3ccccc3O2)c1. The van der Waals surface area contributed by atoms with Gasteiger partial charge in [-0.1, -0.05) is 72.8 Å². The van der Waals surface area contributed by atoms with Crippen LogP contribution in [0.2, 0.25) is 0 Å². The van der Waals surface area contributed by atoms with Crippen molar-refractivity contribution >= 4 is 54.8 Å². The standard InChI is InChI=1S/C42H38B3N3O6/c1-46(2)35-24-22-31(43-49-37-15-7-8-16-38(37)50-43)25-30(35)28-47(3)32-23-21-29(34(26-32)45-53-41-19-11-12-20-42(41)54-45)27-48(4)36-14-6-5-13-33(36)44-51-39-17-9-10-18-40(39)52-44/h5-26H,27-28H2,1-4H3. The molecule has 9 nitrogen and oxygen atoms in total. The summed E-state index contributed by atoms with van der Waals surface area (Å²) in [4.78, 5) is 6.60. The van der Waals surface area contributed by atoms with E-state index in [4.69, 9.17) is 27.9 Å². The van der Waals surface area contributed by atoms with E-state index in [9.17, 15) is 0 Å². The maximum atomic E-state index is 6.43. The molecule has 6 aromatic carbocycles. The zero-order chi connectivity index (χ0) is 36.8. The van der Waals surface area contributed by atoms with Crippen LogP contribution in [0.1, 0.15) is 11.1 Å². The first-order valence-electron chi connectivity index (χ1n) is 18.1. The third-order valence-corrected chi connectivity index (χ3v) is 10.1. The lowest BCUT2D eigenvalue weighted by atomic mass is 9.75. The zero-order valence-corrected chi connectivity index (χ0v) is 30.6. The minimum atomic E-state index is -0.607. The number of para-hydroxylation sites is 7. The number of nitrogens with zero attached hydrogens (tertiary/aromatic N) is 3. The molecule has 12 heteroatoms. The minimum absolute atomic E-state index is 0.504. The van der Waals surface area contributed by atoms with Gasteiger partial charge >= 0.3 is 21.4 Å². The zero-order valence-electron chi connectivity index (χ0n) is 30.6. The van der Waals surface area contributed by atoms with Gasteiger partial charge in [-0.3, -0.25) is 0 Å². The molecular formula is C42H38B3N3O6. The summed E-state index contributed by atoms with van der Waals surface area (Å²) in [7, 11) is 6.67. The second kappa shape index (κ2) is 13.9. The number of rotatable bonds is 10. The van der Waals surface area contributed by atoms with Crippen LogP contribution in [-0.4, -0.2) is 49.5 Å². The molecule has 54 heavy (non-hydrogen) atoms. The lowest BCUT2D eigenvalue weighted by Crippen LogP contribution is -2.44. The van der Waals surface area contributed by atoms with E-state index >= 15 is 0 Å². The van der Waals surface area contributed by atoms with Crippen molar-refractivity contribution in [2.45, 2.75) is 13.1 Å². The van der Waals surface area contributed by atoms with E-state index in [1.807, 2.05) is 84.9 Å². The van der Waals surface area contributed by atoms with Gasteiger partial charge in [-0.25, -0.2) is 0 Å². The summed E-state index contributed by atoms with van der Waals surface area (Å²) in [5.41, 5.74) is 8.24. The highest BCUT2D eigenvalue weighted by atomic mass is 16.6. The Morgan fingerprint density at radius 1 is 0.407 bits per heavy atom. The Kier molecular flexibility index (Phi) is 8.65. The van der Waals surface area contributed by atoms with Crippen LogP contribution in [0, 0.1) is 0 Å². The summed E-state index contributed by atoms with van der Waals surface area (Å²) >= 11 is 0. The smallest absolute Gasteiger partial charge is 0.519 e. The van der Waals surface area contributed by atoms with Crippen molar-refractivity contribution < 1.29 is 27.9 Å². The van der Waals surface area contributed by atoms with Gasteiger partial charge in [0.1, 0.15) is 34.5 Å². The molecule has 0 spiro atoms. The highest BCUT2D eigenvalue weighted by molar-refractivity contribution is 6.66. The van der Waals surface area contributed by atoms with Crippen molar-refractivity contribution in [1.82, 2.24) is 0 Å². The molecule has 0 radical (unpaired) electrons. The first-order chi connectivity index (χ1) is 26.4. The van der Waals surface area contributed by atoms with Gasteiger partial charge in [0.2, 0.25) is 0 Å². The van der Waals surface area contributed by atoms with Gasteiger partial charge in [0.15, 0.2) is 0 Å². The molecule has 266 valence electrons. The topological polar surface area (TPSA) is 65.1 Å². The Bertz CT molecular complexity index is 2270. The summed E-state index contributed by atoms with van der Waals surface area (Å²) in [6, 6.07) is 44.5. The van der Waals surface area contributed by atoms with E-state index in [-0.39, 0.29) is 0 Å². The van der Waals surface area contributed by atoms with Crippen molar-refractivity contribution in [3.05, 3.63) is 145 Å². The van der Waals surface area contributed by atoms with Crippen LogP contribution in [0.15, 0.2) is 133 Å². The molecule has 0 atom stereocenters. The fourth-order valence-corrected chi connectivity index (χ4v) is 7.31. The molecule has 0 N–H and O–H groups in total. The van der Waals surface area contributed by atoms with E-state index in [2.05, 4.69) is 91.4 Å². The number of hydrogen-bond acceptors (Lipinski definition) is 9. The van der Waals surface area contributed by atoms with Crippen molar-refractivity contribution in [3.63, 3.8) is 0 Å². The highest BCUT2D eigenvalue weighted by Gasteiger charge is 2.39. The largest absolute Gasteiger partial charge is 0.634 e. The van der Waals surface area contributed by atoms with Crippen molar-refractivity contribution in [2.75, 3.05) is 42.9 Å². The molecule has 6 aromatic rings. The molecule has 0 fully saturated rings. The number of hydrogen-bond donors (Lipinski definition) is 0. The monoisotopic (exact) mass is 713 g/mol. The lowest BCUT2D eigenvalue weighted by molar-refractivity contribution is 0.517. The predicted octanol–water partition coefficient (Wildman–Crippen LogP) is 5.53. The molecule has 0 amide bonds. The van der Waals surface area contributed by atoms with Crippen LogP contribution in [0.5, 0.6) is 34.5 Å². The molecule has 0 bridgehead atoms. The number of anilines is 3. The molecule has 3 heterocycles. The van der Waals surface area contributed by atoms with Crippen LogP contribution >= 0.6 is 0 Å². The third-order valence-electron chi connectivity index (χ3n) is 10.1. The fourth-order valence-electron chi connectivity index (χ4n) is 7.31. The van der Waals surface area contributed by atoms with Crippen molar-refractivity contribution in [3.8, 4) is 34.5 Å². The van der Waals surface area contributed by atoms with Gasteiger partial charge in [-0.05, 0) is 71.8 Å². The molecule has 0 aromatic heterocycles. The molecular weight excluding hydrogens is 675 g/mol. The van der Waals surface area contributed by atoms with Gasteiger partial charge in [-0.2, -0.15) is 0 Å². The molecule has 9 rings (SSSR count). The lowest BCUT2D eigenvalue weighted by Gasteiger charge is -2.27. The first-order valence-corrected chi connectivity index (χ1v) is 18.1. The van der Waals surface area contributed by atoms with Crippen LogP contribution in [-0.2, 0) is 13.1 Å². The molecule has 3 aliphatic rings. The molecule has 0 saturated carbocycles. The summed E-state index contributed by atoms with van der Waals surface area (Å²) in [5, 5.41) is 0. The normalized spacial score (nSPS) is 13.4. The molecule has 0 unspecified atom stereocenters. The molecule has 0 aliphatic carbocycles. The Balaban J connectivity index is 1.00. The number of benzene rings is 6. The van der Waals surface area contributed by atoms with Gasteiger partial charge in [0.05, 0.1) is 0 Å². The summed E-state index contributed by atoms with van der Waals surface area (Å²) in [5.74, 6) is 4.45. The average Bonchev–Trinajstić information content (AvgIpc) is 3.95. The van der Waals surface area contributed by atoms with E-state index in [1.165, 1.54) is 0 Å². The second-order valence-corrected chi connectivity index (χ2v) is 14.0. The number of fused-ring (bicyclic) bond motifs is 3. The third kappa shape index (κ3) is 6.38. The van der Waals surface area contributed by atoms with Crippen molar-refractivity contribution in [2.24, 2.45) is 0 Å². The Hall–Kier alpha value is -6.29. The van der Waals surface area contributed by atoms with E-state index in [1.54, 1.807) is 0 Å². The average molecular weight is 713 g/mol. The van der Waals surface area contributed by atoms with Crippen LogP contribution in [0.25, 0.3) is 0 Å². The summed E-state index contributed by atoms with van der Waals surface area (Å²) in [6.45, 7) is 1.23. The maximum Gasteiger partial charge on any atom is 0.634 e.